The van der Waals surface area contributed by atoms with Gasteiger partial charge in [0.2, 0.25) is 0 Å². The van der Waals surface area contributed by atoms with Crippen LogP contribution in [-0.4, -0.2) is 4.57 Å². The zero-order valence-electron chi connectivity index (χ0n) is 37.1. The number of rotatable bonds is 7. The zero-order chi connectivity index (χ0) is 44.8. The summed E-state index contributed by atoms with van der Waals surface area (Å²) in [5.74, 6) is 0. The van der Waals surface area contributed by atoms with Crippen molar-refractivity contribution in [2.45, 2.75) is 5.41 Å². The number of fused-ring (bicyclic) bond motifs is 10. The Morgan fingerprint density at radius 3 is 1.72 bits per heavy atom. The molecule has 3 nitrogen and oxygen atoms in total. The summed E-state index contributed by atoms with van der Waals surface area (Å²) in [7, 11) is 0. The summed E-state index contributed by atoms with van der Waals surface area (Å²) in [4.78, 5) is 2.51. The second kappa shape index (κ2) is 15.1. The Labute approximate surface area is 394 Å². The summed E-state index contributed by atoms with van der Waals surface area (Å²) in [5.41, 5.74) is 17.5. The highest BCUT2D eigenvalue weighted by Crippen LogP contribution is 2.60. The predicted octanol–water partition coefficient (Wildman–Crippen LogP) is 17.3. The van der Waals surface area contributed by atoms with Gasteiger partial charge in [0, 0.05) is 50.1 Å². The summed E-state index contributed by atoms with van der Waals surface area (Å²) >= 11 is 0. The molecule has 68 heavy (non-hydrogen) atoms. The van der Waals surface area contributed by atoms with Gasteiger partial charge in [0.15, 0.2) is 0 Å². The first kappa shape index (κ1) is 38.4. The third kappa shape index (κ3) is 5.41. The average molecular weight is 867 g/mol. The number of furan rings is 1. The molecule has 0 atom stereocenters. The average Bonchev–Trinajstić information content (AvgIpc) is 4.06. The molecule has 2 aromatic heterocycles. The molecule has 0 saturated carbocycles. The monoisotopic (exact) mass is 866 g/mol. The fourth-order valence-corrected chi connectivity index (χ4v) is 11.8. The smallest absolute Gasteiger partial charge is 0.138 e. The van der Waals surface area contributed by atoms with E-state index in [2.05, 4.69) is 264 Å². The van der Waals surface area contributed by atoms with Gasteiger partial charge in [0.25, 0.3) is 0 Å². The fraction of sp³-hybridized carbons (Fsp3) is 0.0154. The van der Waals surface area contributed by atoms with E-state index in [4.69, 9.17) is 4.42 Å². The highest BCUT2D eigenvalue weighted by Gasteiger charge is 2.47. The minimum Gasteiger partial charge on any atom is -0.456 e. The summed E-state index contributed by atoms with van der Waals surface area (Å²) in [6.07, 6.45) is 0. The number of nitrogens with zero attached hydrogens (tertiary/aromatic N) is 2. The molecule has 14 rings (SSSR count). The number of aromatic nitrogens is 1. The first-order valence-electron chi connectivity index (χ1n) is 23.4. The molecule has 0 radical (unpaired) electrons. The SMILES string of the molecule is c1ccc(N(c2cccc3c2-c2ccccc2C3(c2ccccc2)c2ccccc2)c2cccc3c4c(-c5cccc6ccccc56)c5c(cc4n(-c4ccccc4)c23)oc2ccccc25)cc1. The topological polar surface area (TPSA) is 21.3 Å². The highest BCUT2D eigenvalue weighted by molar-refractivity contribution is 6.30. The normalized spacial score (nSPS) is 12.8. The van der Waals surface area contributed by atoms with Crippen LogP contribution >= 0.6 is 0 Å². The maximum Gasteiger partial charge on any atom is 0.138 e. The van der Waals surface area contributed by atoms with E-state index in [1.807, 2.05) is 0 Å². The van der Waals surface area contributed by atoms with Crippen LogP contribution in [0.5, 0.6) is 0 Å². The molecule has 11 aromatic carbocycles. The lowest BCUT2D eigenvalue weighted by Gasteiger charge is -2.34. The van der Waals surface area contributed by atoms with Crippen LogP contribution in [-0.2, 0) is 5.41 Å². The molecule has 318 valence electrons. The lowest BCUT2D eigenvalue weighted by molar-refractivity contribution is 0.669. The minimum atomic E-state index is -0.554. The highest BCUT2D eigenvalue weighted by atomic mass is 16.3. The number of hydrogen-bond donors (Lipinski definition) is 0. The van der Waals surface area contributed by atoms with Crippen LogP contribution in [0.4, 0.5) is 17.1 Å². The van der Waals surface area contributed by atoms with Crippen molar-refractivity contribution in [3.8, 4) is 27.9 Å². The summed E-state index contributed by atoms with van der Waals surface area (Å²) in [6.45, 7) is 0. The van der Waals surface area contributed by atoms with Gasteiger partial charge < -0.3 is 13.9 Å². The van der Waals surface area contributed by atoms with Crippen molar-refractivity contribution >= 4 is 71.6 Å². The van der Waals surface area contributed by atoms with E-state index in [-0.39, 0.29) is 0 Å². The lowest BCUT2D eigenvalue weighted by atomic mass is 9.68. The number of para-hydroxylation sites is 4. The fourth-order valence-electron chi connectivity index (χ4n) is 11.8. The van der Waals surface area contributed by atoms with Crippen molar-refractivity contribution in [1.29, 1.82) is 0 Å². The number of anilines is 3. The van der Waals surface area contributed by atoms with E-state index in [0.717, 1.165) is 61.1 Å². The maximum atomic E-state index is 6.89. The Bertz CT molecular complexity index is 4030. The van der Waals surface area contributed by atoms with E-state index in [1.54, 1.807) is 0 Å². The minimum absolute atomic E-state index is 0.554. The second-order valence-corrected chi connectivity index (χ2v) is 17.9. The Hall–Kier alpha value is -8.92. The third-order valence-electron chi connectivity index (χ3n) is 14.4. The third-order valence-corrected chi connectivity index (χ3v) is 14.4. The van der Waals surface area contributed by atoms with Crippen LogP contribution in [0.25, 0.3) is 82.5 Å². The molecule has 0 bridgehead atoms. The number of hydrogen-bond acceptors (Lipinski definition) is 2. The van der Waals surface area contributed by atoms with Crippen LogP contribution in [0, 0.1) is 0 Å². The standard InChI is InChI=1S/C65H42N2O/c1-5-24-44(25-6-1)65(45-26-7-2-8-27-45)53-37-17-15-33-50(53)60-54(65)38-21-39-55(60)66(46-28-9-3-10-29-46)56-40-20-36-52-61-57(67(64(52)56)47-30-11-4-12-31-47)42-59-62(51-34-16-18-41-58(51)68-59)63(61)49-35-19-23-43-22-13-14-32-48(43)49/h1-42H. The maximum absolute atomic E-state index is 6.89. The Kier molecular flexibility index (Phi) is 8.50. The van der Waals surface area contributed by atoms with E-state index >= 15 is 0 Å². The van der Waals surface area contributed by atoms with Gasteiger partial charge in [-0.1, -0.05) is 206 Å². The van der Waals surface area contributed by atoms with Crippen LogP contribution in [0.15, 0.2) is 259 Å². The molecule has 0 amide bonds. The van der Waals surface area contributed by atoms with E-state index in [9.17, 15) is 0 Å². The first-order valence-corrected chi connectivity index (χ1v) is 23.4. The van der Waals surface area contributed by atoms with E-state index in [0.29, 0.717) is 0 Å². The van der Waals surface area contributed by atoms with Gasteiger partial charge in [-0.25, -0.2) is 0 Å². The molecule has 0 saturated heterocycles. The molecule has 0 unspecified atom stereocenters. The molecule has 2 heterocycles. The van der Waals surface area contributed by atoms with Crippen molar-refractivity contribution in [3.05, 3.63) is 277 Å². The molecule has 0 N–H and O–H groups in total. The predicted molar refractivity (Wildman–Crippen MR) is 283 cm³/mol. The van der Waals surface area contributed by atoms with Gasteiger partial charge in [0.1, 0.15) is 11.2 Å². The van der Waals surface area contributed by atoms with Gasteiger partial charge in [0.05, 0.1) is 27.8 Å². The molecule has 0 fully saturated rings. The number of benzene rings is 11. The second-order valence-electron chi connectivity index (χ2n) is 17.9. The quantitative estimate of drug-likeness (QED) is 0.159. The molecular formula is C65H42N2O. The van der Waals surface area contributed by atoms with Crippen LogP contribution in [0.2, 0.25) is 0 Å². The largest absolute Gasteiger partial charge is 0.456 e. The zero-order valence-corrected chi connectivity index (χ0v) is 37.1. The van der Waals surface area contributed by atoms with Gasteiger partial charge in [-0.05, 0) is 86.6 Å². The van der Waals surface area contributed by atoms with Gasteiger partial charge in [-0.2, -0.15) is 0 Å². The molecule has 0 aliphatic heterocycles. The summed E-state index contributed by atoms with van der Waals surface area (Å²) in [6, 6.07) is 93.0. The molecule has 1 aliphatic rings. The molecule has 1 aliphatic carbocycles. The van der Waals surface area contributed by atoms with E-state index in [1.165, 1.54) is 60.7 Å². The Morgan fingerprint density at radius 2 is 0.941 bits per heavy atom. The van der Waals surface area contributed by atoms with Crippen molar-refractivity contribution < 1.29 is 4.42 Å². The molecule has 0 spiro atoms. The Balaban J connectivity index is 1.15. The van der Waals surface area contributed by atoms with Crippen LogP contribution in [0.3, 0.4) is 0 Å². The van der Waals surface area contributed by atoms with Crippen molar-refractivity contribution in [3.63, 3.8) is 0 Å². The summed E-state index contributed by atoms with van der Waals surface area (Å²) < 4.78 is 9.37. The van der Waals surface area contributed by atoms with Crippen molar-refractivity contribution in [1.82, 2.24) is 4.57 Å². The summed E-state index contributed by atoms with van der Waals surface area (Å²) in [5, 5.41) is 6.98. The molecular weight excluding hydrogens is 825 g/mol. The van der Waals surface area contributed by atoms with Gasteiger partial charge in [-0.15, -0.1) is 0 Å². The molecule has 13 aromatic rings. The van der Waals surface area contributed by atoms with E-state index < -0.39 is 5.41 Å². The van der Waals surface area contributed by atoms with Gasteiger partial charge >= 0.3 is 0 Å². The van der Waals surface area contributed by atoms with Gasteiger partial charge in [-0.3, -0.25) is 0 Å². The Morgan fingerprint density at radius 1 is 0.382 bits per heavy atom. The van der Waals surface area contributed by atoms with Crippen molar-refractivity contribution in [2.75, 3.05) is 4.90 Å². The molecule has 3 heteroatoms. The van der Waals surface area contributed by atoms with Crippen LogP contribution in [0.1, 0.15) is 22.3 Å². The lowest BCUT2D eigenvalue weighted by Crippen LogP contribution is -2.28. The first-order chi connectivity index (χ1) is 33.8. The van der Waals surface area contributed by atoms with Crippen molar-refractivity contribution in [2.24, 2.45) is 0 Å². The van der Waals surface area contributed by atoms with Crippen LogP contribution < -0.4 is 4.90 Å².